The van der Waals surface area contributed by atoms with Gasteiger partial charge in [-0.15, -0.1) is 0 Å². The van der Waals surface area contributed by atoms with Gasteiger partial charge in [0.25, 0.3) is 0 Å². The van der Waals surface area contributed by atoms with Crippen LogP contribution < -0.4 is 10.6 Å². The molecule has 0 saturated carbocycles. The molecule has 108 valence electrons. The highest BCUT2D eigenvalue weighted by molar-refractivity contribution is 6.30. The molecule has 2 amide bonds. The molecule has 1 aromatic carbocycles. The Balaban J connectivity index is 1.48. The fraction of sp³-hybridized carbons (Fsp3) is 0.500. The molecule has 0 aromatic heterocycles. The second kappa shape index (κ2) is 5.99. The third-order valence-electron chi connectivity index (χ3n) is 3.89. The highest BCUT2D eigenvalue weighted by Gasteiger charge is 2.35. The number of urea groups is 1. The van der Waals surface area contributed by atoms with Crippen molar-refractivity contribution in [2.45, 2.75) is 6.04 Å². The maximum Gasteiger partial charge on any atom is 0.321 e. The molecule has 5 nitrogen and oxygen atoms in total. The molecule has 0 bridgehead atoms. The minimum Gasteiger partial charge on any atom is -0.321 e. The highest BCUT2D eigenvalue weighted by atomic mass is 35.5. The van der Waals surface area contributed by atoms with Crippen molar-refractivity contribution in [2.75, 3.05) is 44.6 Å². The van der Waals surface area contributed by atoms with Gasteiger partial charge in [-0.2, -0.15) is 0 Å². The molecule has 1 aromatic rings. The van der Waals surface area contributed by atoms with Gasteiger partial charge in [-0.3, -0.25) is 4.90 Å². The smallest absolute Gasteiger partial charge is 0.321 e. The van der Waals surface area contributed by atoms with E-state index >= 15 is 0 Å². The van der Waals surface area contributed by atoms with Crippen molar-refractivity contribution in [3.05, 3.63) is 29.3 Å². The van der Waals surface area contributed by atoms with Crippen LogP contribution in [0.25, 0.3) is 0 Å². The number of anilines is 1. The van der Waals surface area contributed by atoms with Gasteiger partial charge in [0.05, 0.1) is 0 Å². The Morgan fingerprint density at radius 2 is 2.05 bits per heavy atom. The molecule has 2 N–H and O–H groups in total. The molecule has 0 radical (unpaired) electrons. The predicted octanol–water partition coefficient (Wildman–Crippen LogP) is 1.46. The third-order valence-corrected chi connectivity index (χ3v) is 4.13. The highest BCUT2D eigenvalue weighted by Crippen LogP contribution is 2.19. The van der Waals surface area contributed by atoms with Crippen molar-refractivity contribution in [3.63, 3.8) is 0 Å². The summed E-state index contributed by atoms with van der Waals surface area (Å²) in [6.07, 6.45) is 0. The van der Waals surface area contributed by atoms with Crippen molar-refractivity contribution < 1.29 is 4.79 Å². The predicted molar refractivity (Wildman–Crippen MR) is 80.3 cm³/mol. The molecule has 2 aliphatic rings. The third kappa shape index (κ3) is 3.06. The Morgan fingerprint density at radius 3 is 2.75 bits per heavy atom. The number of likely N-dealkylation sites (tertiary alicyclic amines) is 1. The van der Waals surface area contributed by atoms with Gasteiger partial charge in [0, 0.05) is 56.0 Å². The fourth-order valence-electron chi connectivity index (χ4n) is 2.67. The monoisotopic (exact) mass is 294 g/mol. The lowest BCUT2D eigenvalue weighted by Gasteiger charge is -2.46. The molecule has 0 spiro atoms. The van der Waals surface area contributed by atoms with Crippen molar-refractivity contribution >= 4 is 23.3 Å². The second-order valence-electron chi connectivity index (χ2n) is 5.29. The molecule has 2 heterocycles. The average molecular weight is 295 g/mol. The molecule has 2 aliphatic heterocycles. The first-order chi connectivity index (χ1) is 9.72. The molecular weight excluding hydrogens is 276 g/mol. The number of halogens is 1. The lowest BCUT2D eigenvalue weighted by molar-refractivity contribution is 0.0537. The van der Waals surface area contributed by atoms with E-state index in [-0.39, 0.29) is 6.03 Å². The van der Waals surface area contributed by atoms with E-state index in [0.717, 1.165) is 45.0 Å². The van der Waals surface area contributed by atoms with E-state index in [2.05, 4.69) is 15.5 Å². The molecule has 6 heteroatoms. The lowest BCUT2D eigenvalue weighted by Crippen LogP contribution is -2.64. The van der Waals surface area contributed by atoms with E-state index < -0.39 is 0 Å². The Bertz CT molecular complexity index is 484. The lowest BCUT2D eigenvalue weighted by atomic mass is 10.1. The Hall–Kier alpha value is -1.30. The normalized spacial score (nSPS) is 20.6. The van der Waals surface area contributed by atoms with E-state index in [1.165, 1.54) is 0 Å². The minimum atomic E-state index is -0.0429. The van der Waals surface area contributed by atoms with Gasteiger partial charge < -0.3 is 15.5 Å². The number of benzene rings is 1. The maximum absolute atomic E-state index is 12.1. The van der Waals surface area contributed by atoms with Crippen LogP contribution in [0.5, 0.6) is 0 Å². The topological polar surface area (TPSA) is 47.6 Å². The fourth-order valence-corrected chi connectivity index (χ4v) is 2.86. The Labute approximate surface area is 123 Å². The summed E-state index contributed by atoms with van der Waals surface area (Å²) in [5.74, 6) is 0. The average Bonchev–Trinajstić information content (AvgIpc) is 2.38. The summed E-state index contributed by atoms with van der Waals surface area (Å²) < 4.78 is 0. The number of rotatable bonds is 2. The molecule has 0 atom stereocenters. The van der Waals surface area contributed by atoms with E-state index in [1.54, 1.807) is 12.1 Å². The molecular formula is C14H19ClN4O. The zero-order valence-corrected chi connectivity index (χ0v) is 12.1. The van der Waals surface area contributed by atoms with Gasteiger partial charge in [0.15, 0.2) is 0 Å². The van der Waals surface area contributed by atoms with Crippen LogP contribution in [-0.4, -0.2) is 61.1 Å². The first-order valence-electron chi connectivity index (χ1n) is 6.98. The van der Waals surface area contributed by atoms with Crippen molar-refractivity contribution in [1.29, 1.82) is 0 Å². The number of nitrogens with zero attached hydrogens (tertiary/aromatic N) is 2. The van der Waals surface area contributed by atoms with Crippen LogP contribution in [0.4, 0.5) is 10.5 Å². The SMILES string of the molecule is O=C(Nc1cccc(Cl)c1)N1CC(N2CCNCC2)C1. The molecule has 2 fully saturated rings. The van der Waals surface area contributed by atoms with Crippen LogP contribution in [0.15, 0.2) is 24.3 Å². The maximum atomic E-state index is 12.1. The number of hydrogen-bond acceptors (Lipinski definition) is 3. The largest absolute Gasteiger partial charge is 0.321 e. The molecule has 20 heavy (non-hydrogen) atoms. The summed E-state index contributed by atoms with van der Waals surface area (Å²) in [4.78, 5) is 16.4. The summed E-state index contributed by atoms with van der Waals surface area (Å²) in [5, 5.41) is 6.85. The summed E-state index contributed by atoms with van der Waals surface area (Å²) in [7, 11) is 0. The Kier molecular flexibility index (Phi) is 4.10. The minimum absolute atomic E-state index is 0.0429. The number of nitrogens with one attached hydrogen (secondary N) is 2. The van der Waals surface area contributed by atoms with Gasteiger partial charge in [0.2, 0.25) is 0 Å². The standard InChI is InChI=1S/C14H19ClN4O/c15-11-2-1-3-12(8-11)17-14(20)19-9-13(10-19)18-6-4-16-5-7-18/h1-3,8,13,16H,4-7,9-10H2,(H,17,20). The van der Waals surface area contributed by atoms with Crippen molar-refractivity contribution in [3.8, 4) is 0 Å². The van der Waals surface area contributed by atoms with Gasteiger partial charge in [-0.1, -0.05) is 17.7 Å². The number of carbonyl (C=O) groups is 1. The van der Waals surface area contributed by atoms with Crippen molar-refractivity contribution in [2.24, 2.45) is 0 Å². The van der Waals surface area contributed by atoms with Crippen LogP contribution in [0.1, 0.15) is 0 Å². The summed E-state index contributed by atoms with van der Waals surface area (Å²) in [5.41, 5.74) is 0.744. The first kappa shape index (κ1) is 13.7. The van der Waals surface area contributed by atoms with Crippen LogP contribution in [-0.2, 0) is 0 Å². The van der Waals surface area contributed by atoms with Gasteiger partial charge >= 0.3 is 6.03 Å². The van der Waals surface area contributed by atoms with E-state index in [1.807, 2.05) is 17.0 Å². The van der Waals surface area contributed by atoms with Crippen molar-refractivity contribution in [1.82, 2.24) is 15.1 Å². The second-order valence-corrected chi connectivity index (χ2v) is 5.72. The van der Waals surface area contributed by atoms with E-state index in [9.17, 15) is 4.79 Å². The Morgan fingerprint density at radius 1 is 1.30 bits per heavy atom. The first-order valence-corrected chi connectivity index (χ1v) is 7.36. The van der Waals surface area contributed by atoms with Gasteiger partial charge in [0.1, 0.15) is 0 Å². The summed E-state index contributed by atoms with van der Waals surface area (Å²) in [6.45, 7) is 5.87. The zero-order valence-electron chi connectivity index (χ0n) is 11.3. The van der Waals surface area contributed by atoms with Gasteiger partial charge in [-0.05, 0) is 18.2 Å². The number of hydrogen-bond donors (Lipinski definition) is 2. The molecule has 0 aliphatic carbocycles. The van der Waals surface area contributed by atoms with Crippen LogP contribution >= 0.6 is 11.6 Å². The molecule has 2 saturated heterocycles. The number of piperazine rings is 1. The van der Waals surface area contributed by atoms with Crippen LogP contribution in [0.3, 0.4) is 0 Å². The summed E-state index contributed by atoms with van der Waals surface area (Å²) >= 11 is 5.90. The summed E-state index contributed by atoms with van der Waals surface area (Å²) in [6, 6.07) is 7.70. The van der Waals surface area contributed by atoms with Gasteiger partial charge in [-0.25, -0.2) is 4.79 Å². The number of carbonyl (C=O) groups excluding carboxylic acids is 1. The zero-order chi connectivity index (χ0) is 13.9. The van der Waals surface area contributed by atoms with Crippen LogP contribution in [0, 0.1) is 0 Å². The molecule has 3 rings (SSSR count). The van der Waals surface area contributed by atoms with Crippen LogP contribution in [0.2, 0.25) is 5.02 Å². The number of amides is 2. The molecule has 0 unspecified atom stereocenters. The van der Waals surface area contributed by atoms with E-state index in [4.69, 9.17) is 11.6 Å². The van der Waals surface area contributed by atoms with E-state index in [0.29, 0.717) is 11.1 Å². The quantitative estimate of drug-likeness (QED) is 0.868.